The summed E-state index contributed by atoms with van der Waals surface area (Å²) in [6.07, 6.45) is 4.80. The van der Waals surface area contributed by atoms with Crippen LogP contribution in [0, 0.1) is 0 Å². The van der Waals surface area contributed by atoms with E-state index < -0.39 is 0 Å². The maximum absolute atomic E-state index is 5.07. The van der Waals surface area contributed by atoms with Crippen LogP contribution in [0.5, 0.6) is 5.88 Å². The zero-order valence-corrected chi connectivity index (χ0v) is 9.93. The summed E-state index contributed by atoms with van der Waals surface area (Å²) in [5, 5.41) is 3.36. The Morgan fingerprint density at radius 1 is 1.53 bits per heavy atom. The Labute approximate surface area is 94.6 Å². The Morgan fingerprint density at radius 2 is 2.33 bits per heavy atom. The van der Waals surface area contributed by atoms with Crippen LogP contribution in [0.4, 0.5) is 5.82 Å². The summed E-state index contributed by atoms with van der Waals surface area (Å²) in [5.41, 5.74) is 0. The molecule has 0 aliphatic heterocycles. The predicted octanol–water partition coefficient (Wildman–Crippen LogP) is 2.40. The first-order chi connectivity index (χ1) is 7.28. The lowest BCUT2D eigenvalue weighted by molar-refractivity contribution is 0.398. The van der Waals surface area contributed by atoms with Gasteiger partial charge in [-0.2, -0.15) is 16.7 Å². The van der Waals surface area contributed by atoms with Crippen molar-refractivity contribution >= 4 is 17.6 Å². The van der Waals surface area contributed by atoms with Gasteiger partial charge in [0.25, 0.3) is 0 Å². The smallest absolute Gasteiger partial charge is 0.214 e. The Morgan fingerprint density at radius 3 is 2.93 bits per heavy atom. The van der Waals surface area contributed by atoms with Gasteiger partial charge in [-0.05, 0) is 25.2 Å². The minimum absolute atomic E-state index is 0.463. The molecule has 0 saturated heterocycles. The molecule has 15 heavy (non-hydrogen) atoms. The van der Waals surface area contributed by atoms with Crippen LogP contribution in [-0.4, -0.2) is 29.6 Å². The van der Waals surface area contributed by atoms with Crippen LogP contribution in [0.1, 0.15) is 12.8 Å². The first kappa shape index (κ1) is 10.6. The highest BCUT2D eigenvalue weighted by Gasteiger charge is 2.41. The number of pyridine rings is 1. The fourth-order valence-electron chi connectivity index (χ4n) is 1.47. The third-order valence-corrected chi connectivity index (χ3v) is 4.18. The molecule has 4 heteroatoms. The van der Waals surface area contributed by atoms with E-state index in [0.29, 0.717) is 10.6 Å². The van der Waals surface area contributed by atoms with Crippen molar-refractivity contribution in [3.8, 4) is 5.88 Å². The van der Waals surface area contributed by atoms with E-state index in [1.54, 1.807) is 7.11 Å². The third kappa shape index (κ3) is 2.56. The first-order valence-corrected chi connectivity index (χ1v) is 6.30. The number of nitrogens with zero attached hydrogens (tertiary/aromatic N) is 1. The maximum atomic E-state index is 5.07. The molecule has 0 radical (unpaired) electrons. The van der Waals surface area contributed by atoms with Crippen molar-refractivity contribution in [1.29, 1.82) is 0 Å². The number of hydrogen-bond donors (Lipinski definition) is 1. The van der Waals surface area contributed by atoms with Crippen LogP contribution in [0.3, 0.4) is 0 Å². The Balaban J connectivity index is 1.93. The summed E-state index contributed by atoms with van der Waals surface area (Å²) >= 11 is 1.95. The van der Waals surface area contributed by atoms with Gasteiger partial charge in [0.05, 0.1) is 7.11 Å². The van der Waals surface area contributed by atoms with E-state index in [1.165, 1.54) is 12.8 Å². The second-order valence-electron chi connectivity index (χ2n) is 3.81. The molecule has 0 spiro atoms. The van der Waals surface area contributed by atoms with Crippen LogP contribution < -0.4 is 10.1 Å². The number of methoxy groups -OCH3 is 1. The summed E-state index contributed by atoms with van der Waals surface area (Å²) in [5.74, 6) is 1.56. The lowest BCUT2D eigenvalue weighted by atomic mass is 10.4. The first-order valence-electron chi connectivity index (χ1n) is 5.08. The van der Waals surface area contributed by atoms with Crippen molar-refractivity contribution in [1.82, 2.24) is 4.98 Å². The van der Waals surface area contributed by atoms with Crippen molar-refractivity contribution in [2.75, 3.05) is 25.2 Å². The molecule has 0 atom stereocenters. The lowest BCUT2D eigenvalue weighted by Crippen LogP contribution is -2.17. The molecule has 0 unspecified atom stereocenters. The standard InChI is InChI=1S/C11H16N2OS/c1-14-10-5-3-4-9(13-10)12-8-11(15-2)6-7-11/h3-5H,6-8H2,1-2H3,(H,12,13). The number of nitrogens with one attached hydrogen (secondary N) is 1. The molecule has 1 N–H and O–H groups in total. The summed E-state index contributed by atoms with van der Waals surface area (Å²) < 4.78 is 5.54. The van der Waals surface area contributed by atoms with Gasteiger partial charge in [-0.15, -0.1) is 0 Å². The van der Waals surface area contributed by atoms with Gasteiger partial charge in [0.1, 0.15) is 5.82 Å². The highest BCUT2D eigenvalue weighted by molar-refractivity contribution is 8.00. The molecular formula is C11H16N2OS. The summed E-state index contributed by atoms with van der Waals surface area (Å²) in [6.45, 7) is 0.994. The molecule has 82 valence electrons. The quantitative estimate of drug-likeness (QED) is 0.832. The Kier molecular flexibility index (Phi) is 3.05. The van der Waals surface area contributed by atoms with Crippen molar-refractivity contribution in [3.05, 3.63) is 18.2 Å². The molecule has 1 aliphatic rings. The average molecular weight is 224 g/mol. The molecule has 1 saturated carbocycles. The van der Waals surface area contributed by atoms with E-state index in [-0.39, 0.29) is 0 Å². The SMILES string of the molecule is COc1cccc(NCC2(SC)CC2)n1. The molecule has 2 rings (SSSR count). The van der Waals surface area contributed by atoms with Gasteiger partial charge in [0.2, 0.25) is 5.88 Å². The van der Waals surface area contributed by atoms with Crippen molar-refractivity contribution in [2.24, 2.45) is 0 Å². The minimum atomic E-state index is 0.463. The van der Waals surface area contributed by atoms with Gasteiger partial charge in [-0.3, -0.25) is 0 Å². The molecule has 1 aromatic heterocycles. The maximum Gasteiger partial charge on any atom is 0.214 e. The van der Waals surface area contributed by atoms with E-state index >= 15 is 0 Å². The second kappa shape index (κ2) is 4.31. The zero-order chi connectivity index (χ0) is 10.7. The van der Waals surface area contributed by atoms with Crippen LogP contribution in [0.2, 0.25) is 0 Å². The monoisotopic (exact) mass is 224 g/mol. The van der Waals surface area contributed by atoms with E-state index in [2.05, 4.69) is 16.6 Å². The second-order valence-corrected chi connectivity index (χ2v) is 5.08. The van der Waals surface area contributed by atoms with Gasteiger partial charge >= 0.3 is 0 Å². The van der Waals surface area contributed by atoms with E-state index in [9.17, 15) is 0 Å². The van der Waals surface area contributed by atoms with Crippen LogP contribution in [0.25, 0.3) is 0 Å². The van der Waals surface area contributed by atoms with Crippen LogP contribution >= 0.6 is 11.8 Å². The van der Waals surface area contributed by atoms with Gasteiger partial charge in [-0.1, -0.05) is 6.07 Å². The molecule has 3 nitrogen and oxygen atoms in total. The number of thioether (sulfide) groups is 1. The third-order valence-electron chi connectivity index (χ3n) is 2.77. The van der Waals surface area contributed by atoms with Crippen LogP contribution in [-0.2, 0) is 0 Å². The van der Waals surface area contributed by atoms with Crippen molar-refractivity contribution in [2.45, 2.75) is 17.6 Å². The number of aromatic nitrogens is 1. The number of rotatable bonds is 5. The largest absolute Gasteiger partial charge is 0.481 e. The summed E-state index contributed by atoms with van der Waals surface area (Å²) in [4.78, 5) is 4.31. The predicted molar refractivity (Wildman–Crippen MR) is 64.8 cm³/mol. The summed E-state index contributed by atoms with van der Waals surface area (Å²) in [6, 6.07) is 5.78. The Bertz CT molecular complexity index is 339. The van der Waals surface area contributed by atoms with E-state index in [1.807, 2.05) is 30.0 Å². The molecule has 0 amide bonds. The Hall–Kier alpha value is -0.900. The molecule has 1 heterocycles. The lowest BCUT2D eigenvalue weighted by Gasteiger charge is -2.13. The van der Waals surface area contributed by atoms with Crippen molar-refractivity contribution in [3.63, 3.8) is 0 Å². The zero-order valence-electron chi connectivity index (χ0n) is 9.12. The average Bonchev–Trinajstić information content (AvgIpc) is 3.07. The highest BCUT2D eigenvalue weighted by atomic mass is 32.2. The van der Waals surface area contributed by atoms with Crippen molar-refractivity contribution < 1.29 is 4.74 Å². The molecule has 1 aromatic rings. The number of anilines is 1. The normalized spacial score (nSPS) is 17.2. The van der Waals surface area contributed by atoms with Gasteiger partial charge in [-0.25, -0.2) is 0 Å². The molecule has 0 aromatic carbocycles. The summed E-state index contributed by atoms with van der Waals surface area (Å²) in [7, 11) is 1.64. The van der Waals surface area contributed by atoms with Gasteiger partial charge in [0.15, 0.2) is 0 Å². The molecule has 0 bridgehead atoms. The highest BCUT2D eigenvalue weighted by Crippen LogP contribution is 2.46. The fourth-order valence-corrected chi connectivity index (χ4v) is 2.20. The van der Waals surface area contributed by atoms with Gasteiger partial charge in [0, 0.05) is 17.4 Å². The van der Waals surface area contributed by atoms with Crippen LogP contribution in [0.15, 0.2) is 18.2 Å². The molecule has 1 aliphatic carbocycles. The van der Waals surface area contributed by atoms with Gasteiger partial charge < -0.3 is 10.1 Å². The number of ether oxygens (including phenoxy) is 1. The molecular weight excluding hydrogens is 208 g/mol. The minimum Gasteiger partial charge on any atom is -0.481 e. The number of hydrogen-bond acceptors (Lipinski definition) is 4. The topological polar surface area (TPSA) is 34.1 Å². The van der Waals surface area contributed by atoms with E-state index in [0.717, 1.165) is 12.4 Å². The molecule has 1 fully saturated rings. The fraction of sp³-hybridized carbons (Fsp3) is 0.545. The van der Waals surface area contributed by atoms with E-state index in [4.69, 9.17) is 4.74 Å².